The van der Waals surface area contributed by atoms with Crippen LogP contribution < -0.4 is 0 Å². The number of esters is 1. The van der Waals surface area contributed by atoms with E-state index in [0.717, 1.165) is 25.9 Å². The average Bonchev–Trinajstić information content (AvgIpc) is 3.11. The Morgan fingerprint density at radius 2 is 1.79 bits per heavy atom. The molecule has 0 unspecified atom stereocenters. The van der Waals surface area contributed by atoms with E-state index in [1.165, 1.54) is 6.42 Å². The van der Waals surface area contributed by atoms with Crippen molar-refractivity contribution in [1.82, 2.24) is 4.90 Å². The number of piperidine rings is 1. The third-order valence-corrected chi connectivity index (χ3v) is 5.38. The molecule has 2 heterocycles. The summed E-state index contributed by atoms with van der Waals surface area (Å²) in [6.45, 7) is 4.47. The van der Waals surface area contributed by atoms with Crippen LogP contribution in [-0.2, 0) is 11.3 Å². The molecule has 29 heavy (non-hydrogen) atoms. The first-order valence-electron chi connectivity index (χ1n) is 10.0. The van der Waals surface area contributed by atoms with Crippen LogP contribution in [0.3, 0.4) is 0 Å². The minimum Gasteiger partial charge on any atom is -0.508 e. The number of carbonyl (C=O) groups is 1. The SMILES string of the molecule is CCOC(=O)c1c(-c2ccc(O)cc2)oc2ccc(O)c(CN3CCCCC3)c12. The van der Waals surface area contributed by atoms with Crippen LogP contribution in [-0.4, -0.2) is 40.8 Å². The fraction of sp³-hybridized carbons (Fsp3) is 0.348. The number of likely N-dealkylation sites (tertiary alicyclic amines) is 1. The molecule has 1 saturated heterocycles. The van der Waals surface area contributed by atoms with Crippen molar-refractivity contribution >= 4 is 16.9 Å². The normalized spacial score (nSPS) is 14.9. The Morgan fingerprint density at radius 1 is 1.07 bits per heavy atom. The molecule has 0 amide bonds. The Hall–Kier alpha value is -2.99. The highest BCUT2D eigenvalue weighted by Gasteiger charge is 2.27. The van der Waals surface area contributed by atoms with Crippen LogP contribution in [0.1, 0.15) is 42.1 Å². The fourth-order valence-electron chi connectivity index (χ4n) is 3.96. The van der Waals surface area contributed by atoms with Gasteiger partial charge in [-0.15, -0.1) is 0 Å². The van der Waals surface area contributed by atoms with Gasteiger partial charge >= 0.3 is 5.97 Å². The van der Waals surface area contributed by atoms with E-state index >= 15 is 0 Å². The molecule has 2 aromatic carbocycles. The van der Waals surface area contributed by atoms with Gasteiger partial charge in [-0.05, 0) is 69.3 Å². The number of ether oxygens (including phenoxy) is 1. The van der Waals surface area contributed by atoms with Crippen molar-refractivity contribution in [2.75, 3.05) is 19.7 Å². The molecule has 1 aromatic heterocycles. The van der Waals surface area contributed by atoms with Gasteiger partial charge in [0.05, 0.1) is 6.61 Å². The van der Waals surface area contributed by atoms with Crippen LogP contribution in [0.4, 0.5) is 0 Å². The van der Waals surface area contributed by atoms with Crippen LogP contribution in [0.25, 0.3) is 22.3 Å². The standard InChI is InChI=1S/C23H25NO5/c1-2-28-23(27)21-20-17(14-24-12-4-3-5-13-24)18(26)10-11-19(20)29-22(21)15-6-8-16(25)9-7-15/h6-11,25-26H,2-5,12-14H2,1H3. The van der Waals surface area contributed by atoms with Gasteiger partial charge in [0.25, 0.3) is 0 Å². The van der Waals surface area contributed by atoms with E-state index in [1.807, 2.05) is 0 Å². The molecule has 0 atom stereocenters. The number of nitrogens with zero attached hydrogens (tertiary/aromatic N) is 1. The van der Waals surface area contributed by atoms with E-state index < -0.39 is 5.97 Å². The summed E-state index contributed by atoms with van der Waals surface area (Å²) < 4.78 is 11.4. The van der Waals surface area contributed by atoms with Gasteiger partial charge in [-0.1, -0.05) is 6.42 Å². The first-order valence-corrected chi connectivity index (χ1v) is 10.0. The molecule has 0 aliphatic carbocycles. The molecule has 1 aliphatic rings. The summed E-state index contributed by atoms with van der Waals surface area (Å²) in [5, 5.41) is 20.8. The van der Waals surface area contributed by atoms with E-state index in [4.69, 9.17) is 9.15 Å². The van der Waals surface area contributed by atoms with E-state index in [0.29, 0.717) is 40.0 Å². The quantitative estimate of drug-likeness (QED) is 0.611. The molecule has 1 fully saturated rings. The van der Waals surface area contributed by atoms with Crippen LogP contribution in [0.15, 0.2) is 40.8 Å². The molecule has 152 valence electrons. The smallest absolute Gasteiger partial charge is 0.342 e. The molecule has 6 heteroatoms. The molecule has 4 rings (SSSR count). The summed E-state index contributed by atoms with van der Waals surface area (Å²) in [6, 6.07) is 9.77. The van der Waals surface area contributed by atoms with Gasteiger partial charge in [0.15, 0.2) is 0 Å². The Kier molecular flexibility index (Phi) is 5.45. The number of carbonyl (C=O) groups excluding carboxylic acids is 1. The predicted molar refractivity (Wildman–Crippen MR) is 110 cm³/mol. The van der Waals surface area contributed by atoms with Crippen molar-refractivity contribution in [1.29, 1.82) is 0 Å². The van der Waals surface area contributed by atoms with Crippen molar-refractivity contribution < 1.29 is 24.2 Å². The van der Waals surface area contributed by atoms with Crippen molar-refractivity contribution in [3.63, 3.8) is 0 Å². The summed E-state index contributed by atoms with van der Waals surface area (Å²) in [7, 11) is 0. The van der Waals surface area contributed by atoms with Gasteiger partial charge in [0.2, 0.25) is 0 Å². The van der Waals surface area contributed by atoms with Crippen LogP contribution in [0.2, 0.25) is 0 Å². The number of aromatic hydroxyl groups is 2. The van der Waals surface area contributed by atoms with Gasteiger partial charge in [-0.2, -0.15) is 0 Å². The summed E-state index contributed by atoms with van der Waals surface area (Å²) in [5.41, 5.74) is 2.18. The molecule has 0 spiro atoms. The number of rotatable bonds is 5. The Balaban J connectivity index is 1.90. The maximum absolute atomic E-state index is 12.9. The van der Waals surface area contributed by atoms with Crippen LogP contribution in [0.5, 0.6) is 11.5 Å². The van der Waals surface area contributed by atoms with Crippen LogP contribution >= 0.6 is 0 Å². The number of phenols is 2. The molecule has 0 radical (unpaired) electrons. The Bertz CT molecular complexity index is 1020. The lowest BCUT2D eigenvalue weighted by molar-refractivity contribution is 0.0528. The molecule has 0 bridgehead atoms. The lowest BCUT2D eigenvalue weighted by Crippen LogP contribution is -2.29. The maximum Gasteiger partial charge on any atom is 0.342 e. The van der Waals surface area contributed by atoms with Crippen molar-refractivity contribution in [3.8, 4) is 22.8 Å². The molecule has 3 aromatic rings. The average molecular weight is 395 g/mol. The van der Waals surface area contributed by atoms with Crippen molar-refractivity contribution in [3.05, 3.63) is 47.5 Å². The molecule has 1 aliphatic heterocycles. The van der Waals surface area contributed by atoms with Gasteiger partial charge in [-0.25, -0.2) is 4.79 Å². The summed E-state index contributed by atoms with van der Waals surface area (Å²) in [6.07, 6.45) is 3.48. The summed E-state index contributed by atoms with van der Waals surface area (Å²) >= 11 is 0. The number of benzene rings is 2. The maximum atomic E-state index is 12.9. The second kappa shape index (κ2) is 8.17. The number of hydrogen-bond donors (Lipinski definition) is 2. The van der Waals surface area contributed by atoms with Crippen molar-refractivity contribution in [2.45, 2.75) is 32.7 Å². The van der Waals surface area contributed by atoms with E-state index in [2.05, 4.69) is 4.90 Å². The zero-order valence-corrected chi connectivity index (χ0v) is 16.5. The van der Waals surface area contributed by atoms with Gasteiger partial charge < -0.3 is 19.4 Å². The number of phenolic OH excluding ortho intramolecular Hbond substituents is 2. The fourth-order valence-corrected chi connectivity index (χ4v) is 3.96. The number of fused-ring (bicyclic) bond motifs is 1. The largest absolute Gasteiger partial charge is 0.508 e. The first kappa shape index (κ1) is 19.3. The number of furan rings is 1. The first-order chi connectivity index (χ1) is 14.1. The highest BCUT2D eigenvalue weighted by molar-refractivity contribution is 6.10. The van der Waals surface area contributed by atoms with E-state index in [-0.39, 0.29) is 18.1 Å². The van der Waals surface area contributed by atoms with E-state index in [9.17, 15) is 15.0 Å². The topological polar surface area (TPSA) is 83.1 Å². The highest BCUT2D eigenvalue weighted by atomic mass is 16.5. The summed E-state index contributed by atoms with van der Waals surface area (Å²) in [4.78, 5) is 15.2. The lowest BCUT2D eigenvalue weighted by Gasteiger charge is -2.27. The predicted octanol–water partition coefficient (Wildman–Crippen LogP) is 4.67. The second-order valence-electron chi connectivity index (χ2n) is 7.35. The van der Waals surface area contributed by atoms with Gasteiger partial charge in [0.1, 0.15) is 28.4 Å². The number of hydrogen-bond acceptors (Lipinski definition) is 6. The van der Waals surface area contributed by atoms with Crippen LogP contribution in [0, 0.1) is 0 Å². The Morgan fingerprint density at radius 3 is 2.48 bits per heavy atom. The third-order valence-electron chi connectivity index (χ3n) is 5.38. The molecular weight excluding hydrogens is 370 g/mol. The monoisotopic (exact) mass is 395 g/mol. The molecule has 2 N–H and O–H groups in total. The zero-order valence-electron chi connectivity index (χ0n) is 16.5. The lowest BCUT2D eigenvalue weighted by atomic mass is 10.00. The highest BCUT2D eigenvalue weighted by Crippen LogP contribution is 2.40. The minimum atomic E-state index is -0.486. The Labute approximate surface area is 169 Å². The van der Waals surface area contributed by atoms with E-state index in [1.54, 1.807) is 43.3 Å². The van der Waals surface area contributed by atoms with Gasteiger partial charge in [0, 0.05) is 23.1 Å². The minimum absolute atomic E-state index is 0.131. The zero-order chi connectivity index (χ0) is 20.4. The molecule has 0 saturated carbocycles. The van der Waals surface area contributed by atoms with Crippen molar-refractivity contribution in [2.24, 2.45) is 0 Å². The third kappa shape index (κ3) is 3.80. The summed E-state index contributed by atoms with van der Waals surface area (Å²) in [5.74, 6) is 0.168. The molecular formula is C23H25NO5. The van der Waals surface area contributed by atoms with Gasteiger partial charge in [-0.3, -0.25) is 4.90 Å². The molecule has 6 nitrogen and oxygen atoms in total. The second-order valence-corrected chi connectivity index (χ2v) is 7.35.